The van der Waals surface area contributed by atoms with Crippen molar-refractivity contribution in [3.8, 4) is 0 Å². The van der Waals surface area contributed by atoms with Crippen LogP contribution in [0.2, 0.25) is 0 Å². The molecule has 54 valence electrons. The third-order valence-electron chi connectivity index (χ3n) is 0.841. The van der Waals surface area contributed by atoms with Gasteiger partial charge in [0.25, 0.3) is 0 Å². The summed E-state index contributed by atoms with van der Waals surface area (Å²) in [7, 11) is 1.83. The zero-order chi connectivity index (χ0) is 7.28. The average molecular weight is 130 g/mol. The maximum absolute atomic E-state index is 8.83. The lowest BCUT2D eigenvalue weighted by molar-refractivity contribution is 0.144. The molecule has 0 aromatic heterocycles. The molecule has 0 rings (SSSR count). The molecule has 9 heavy (non-hydrogen) atoms. The molecule has 0 aliphatic carbocycles. The van der Waals surface area contributed by atoms with Crippen LogP contribution >= 0.6 is 0 Å². The van der Waals surface area contributed by atoms with Crippen molar-refractivity contribution in [1.29, 1.82) is 0 Å². The molecule has 0 radical (unpaired) electrons. The fourth-order valence-electron chi connectivity index (χ4n) is 0.627. The van der Waals surface area contributed by atoms with Crippen molar-refractivity contribution in [3.05, 3.63) is 0 Å². The van der Waals surface area contributed by atoms with E-state index in [1.165, 1.54) is 0 Å². The highest BCUT2D eigenvalue weighted by molar-refractivity contribution is 5.52. The first-order valence-corrected chi connectivity index (χ1v) is 3.04. The van der Waals surface area contributed by atoms with Gasteiger partial charge in [-0.05, 0) is 13.8 Å². The van der Waals surface area contributed by atoms with Crippen molar-refractivity contribution in [1.82, 2.24) is 5.01 Å². The minimum atomic E-state index is -0.307. The van der Waals surface area contributed by atoms with Crippen molar-refractivity contribution in [2.24, 2.45) is 5.10 Å². The van der Waals surface area contributed by atoms with E-state index in [0.29, 0.717) is 6.54 Å². The van der Waals surface area contributed by atoms with Crippen LogP contribution in [0.5, 0.6) is 0 Å². The molecule has 0 saturated carbocycles. The van der Waals surface area contributed by atoms with Gasteiger partial charge in [0.1, 0.15) is 0 Å². The van der Waals surface area contributed by atoms with Crippen LogP contribution in [-0.2, 0) is 0 Å². The lowest BCUT2D eigenvalue weighted by Crippen LogP contribution is -2.22. The standard InChI is InChI=1S/C6H14N2O/c1-4-7-8(3)5-6(2)9/h4,6,9H,5H2,1-3H3/b7-4+. The summed E-state index contributed by atoms with van der Waals surface area (Å²) in [5.41, 5.74) is 0. The summed E-state index contributed by atoms with van der Waals surface area (Å²) in [6.07, 6.45) is 1.39. The fraction of sp³-hybridized carbons (Fsp3) is 0.833. The Balaban J connectivity index is 3.38. The van der Waals surface area contributed by atoms with Gasteiger partial charge in [0.05, 0.1) is 12.6 Å². The lowest BCUT2D eigenvalue weighted by Gasteiger charge is -2.13. The van der Waals surface area contributed by atoms with Gasteiger partial charge in [-0.3, -0.25) is 5.01 Å². The maximum Gasteiger partial charge on any atom is 0.0703 e. The highest BCUT2D eigenvalue weighted by Gasteiger charge is 1.96. The van der Waals surface area contributed by atoms with E-state index in [4.69, 9.17) is 5.11 Å². The smallest absolute Gasteiger partial charge is 0.0703 e. The zero-order valence-corrected chi connectivity index (χ0v) is 6.20. The largest absolute Gasteiger partial charge is 0.392 e. The Morgan fingerprint density at radius 2 is 2.33 bits per heavy atom. The van der Waals surface area contributed by atoms with Gasteiger partial charge in [-0.15, -0.1) is 0 Å². The van der Waals surface area contributed by atoms with Gasteiger partial charge in [-0.25, -0.2) is 0 Å². The molecule has 0 bridgehead atoms. The average Bonchev–Trinajstić information content (AvgIpc) is 1.63. The molecule has 0 spiro atoms. The summed E-state index contributed by atoms with van der Waals surface area (Å²) in [4.78, 5) is 0. The van der Waals surface area contributed by atoms with Crippen molar-refractivity contribution in [2.75, 3.05) is 13.6 Å². The first-order chi connectivity index (χ1) is 4.16. The number of aliphatic hydroxyl groups excluding tert-OH is 1. The summed E-state index contributed by atoms with van der Waals surface area (Å²) >= 11 is 0. The first kappa shape index (κ1) is 8.43. The van der Waals surface area contributed by atoms with Gasteiger partial charge in [-0.1, -0.05) is 0 Å². The number of aliphatic hydroxyl groups is 1. The van der Waals surface area contributed by atoms with Crippen molar-refractivity contribution in [3.63, 3.8) is 0 Å². The van der Waals surface area contributed by atoms with E-state index in [2.05, 4.69) is 5.10 Å². The Kier molecular flexibility index (Phi) is 4.05. The van der Waals surface area contributed by atoms with Crippen LogP contribution in [0.1, 0.15) is 13.8 Å². The van der Waals surface area contributed by atoms with Crippen LogP contribution in [0, 0.1) is 0 Å². The molecule has 0 saturated heterocycles. The van der Waals surface area contributed by atoms with E-state index in [1.807, 2.05) is 14.0 Å². The number of hydrazone groups is 1. The summed E-state index contributed by atoms with van der Waals surface area (Å²) in [5.74, 6) is 0. The minimum absolute atomic E-state index is 0.307. The Bertz CT molecular complexity index is 91.1. The second kappa shape index (κ2) is 4.32. The van der Waals surface area contributed by atoms with Crippen LogP contribution in [0.25, 0.3) is 0 Å². The maximum atomic E-state index is 8.83. The molecule has 0 fully saturated rings. The van der Waals surface area contributed by atoms with E-state index < -0.39 is 0 Å². The molecule has 3 nitrogen and oxygen atoms in total. The van der Waals surface area contributed by atoms with Crippen LogP contribution in [0.3, 0.4) is 0 Å². The van der Waals surface area contributed by atoms with Gasteiger partial charge >= 0.3 is 0 Å². The highest BCUT2D eigenvalue weighted by atomic mass is 16.3. The van der Waals surface area contributed by atoms with Crippen LogP contribution in [0.15, 0.2) is 5.10 Å². The van der Waals surface area contributed by atoms with E-state index in [0.717, 1.165) is 0 Å². The third kappa shape index (κ3) is 5.30. The molecule has 0 aliphatic heterocycles. The number of hydrogen-bond acceptors (Lipinski definition) is 3. The Morgan fingerprint density at radius 1 is 1.78 bits per heavy atom. The molecular formula is C6H14N2O. The molecule has 3 heteroatoms. The quantitative estimate of drug-likeness (QED) is 0.440. The zero-order valence-electron chi connectivity index (χ0n) is 6.20. The molecule has 0 aromatic carbocycles. The topological polar surface area (TPSA) is 35.8 Å². The van der Waals surface area contributed by atoms with E-state index in [-0.39, 0.29) is 6.10 Å². The van der Waals surface area contributed by atoms with Gasteiger partial charge in [-0.2, -0.15) is 5.10 Å². The Morgan fingerprint density at radius 3 is 2.67 bits per heavy atom. The van der Waals surface area contributed by atoms with Gasteiger partial charge in [0.15, 0.2) is 0 Å². The number of hydrogen-bond donors (Lipinski definition) is 1. The molecule has 1 N–H and O–H groups in total. The summed E-state index contributed by atoms with van der Waals surface area (Å²) in [6, 6.07) is 0. The van der Waals surface area contributed by atoms with Crippen LogP contribution < -0.4 is 0 Å². The molecule has 1 unspecified atom stereocenters. The second-order valence-electron chi connectivity index (χ2n) is 2.06. The minimum Gasteiger partial charge on any atom is -0.392 e. The molecule has 0 aromatic rings. The number of nitrogens with zero attached hydrogens (tertiary/aromatic N) is 2. The van der Waals surface area contributed by atoms with E-state index in [9.17, 15) is 0 Å². The highest BCUT2D eigenvalue weighted by Crippen LogP contribution is 1.86. The van der Waals surface area contributed by atoms with Crippen molar-refractivity contribution < 1.29 is 5.11 Å². The number of likely N-dealkylation sites (N-methyl/N-ethyl adjacent to an activating group) is 1. The Labute approximate surface area is 56.0 Å². The monoisotopic (exact) mass is 130 g/mol. The summed E-state index contributed by atoms with van der Waals surface area (Å²) < 4.78 is 0. The lowest BCUT2D eigenvalue weighted by atomic mass is 10.4. The first-order valence-electron chi connectivity index (χ1n) is 3.04. The summed E-state index contributed by atoms with van der Waals surface area (Å²) in [6.45, 7) is 4.17. The Hall–Kier alpha value is -0.570. The van der Waals surface area contributed by atoms with Crippen molar-refractivity contribution >= 4 is 6.21 Å². The molecule has 0 aliphatic rings. The third-order valence-corrected chi connectivity index (χ3v) is 0.841. The molecular weight excluding hydrogens is 116 g/mol. The van der Waals surface area contributed by atoms with Gasteiger partial charge < -0.3 is 5.11 Å². The molecule has 1 atom stereocenters. The van der Waals surface area contributed by atoms with Gasteiger partial charge in [0.2, 0.25) is 0 Å². The number of rotatable bonds is 3. The summed E-state index contributed by atoms with van der Waals surface area (Å²) in [5, 5.41) is 14.4. The molecule has 0 amide bonds. The van der Waals surface area contributed by atoms with Crippen LogP contribution in [0.4, 0.5) is 0 Å². The van der Waals surface area contributed by atoms with Gasteiger partial charge in [0, 0.05) is 13.3 Å². The second-order valence-corrected chi connectivity index (χ2v) is 2.06. The van der Waals surface area contributed by atoms with Crippen LogP contribution in [-0.4, -0.2) is 36.0 Å². The van der Waals surface area contributed by atoms with E-state index >= 15 is 0 Å². The normalized spacial score (nSPS) is 14.2. The van der Waals surface area contributed by atoms with Crippen molar-refractivity contribution in [2.45, 2.75) is 20.0 Å². The van der Waals surface area contributed by atoms with E-state index in [1.54, 1.807) is 18.1 Å². The predicted molar refractivity (Wildman–Crippen MR) is 38.5 cm³/mol. The predicted octanol–water partition coefficient (Wildman–Crippen LogP) is 0.305. The molecule has 0 heterocycles. The fourth-order valence-corrected chi connectivity index (χ4v) is 0.627. The SMILES string of the molecule is C/C=N/N(C)CC(C)O.